The first-order chi connectivity index (χ1) is 3.00. The van der Waals surface area contributed by atoms with E-state index in [1.807, 2.05) is 0 Å². The van der Waals surface area contributed by atoms with Gasteiger partial charge in [-0.3, -0.25) is 0 Å². The van der Waals surface area contributed by atoms with Gasteiger partial charge >= 0.3 is 35.5 Å². The Hall–Kier alpha value is 1.06. The van der Waals surface area contributed by atoms with Crippen LogP contribution in [0.3, 0.4) is 0 Å². The molecule has 4 nitrogen and oxygen atoms in total. The van der Waals surface area contributed by atoms with Crippen LogP contribution in [0.1, 0.15) is 0 Å². The molecule has 0 fully saturated rings. The van der Waals surface area contributed by atoms with Gasteiger partial charge in [-0.05, 0) is 0 Å². The third kappa shape index (κ3) is 160. The molecule has 0 unspecified atom stereocenters. The van der Waals surface area contributed by atoms with Crippen LogP contribution in [0.15, 0.2) is 0 Å². The van der Waals surface area contributed by atoms with Crippen molar-refractivity contribution >= 4 is 17.4 Å². The number of hydrogen-bond donors (Lipinski definition) is 3. The third-order valence-electron chi connectivity index (χ3n) is 0. The fourth-order valence-corrected chi connectivity index (χ4v) is 0. The Kier molecular flexibility index (Phi) is 8.13. The van der Waals surface area contributed by atoms with E-state index in [2.05, 4.69) is 27.7 Å². The van der Waals surface area contributed by atoms with Crippen molar-refractivity contribution < 1.29 is 37.4 Å². The van der Waals surface area contributed by atoms with Gasteiger partial charge in [-0.15, -0.1) is 0 Å². The molecular weight excluding hydrogens is 237 g/mol. The molecule has 0 amide bonds. The van der Waals surface area contributed by atoms with Crippen molar-refractivity contribution in [2.75, 3.05) is 0 Å². The molecule has 3 N–H and O–H groups in total. The molecule has 0 aromatic carbocycles. The van der Waals surface area contributed by atoms with Crippen LogP contribution < -0.4 is 0 Å². The molecule has 0 aliphatic rings. The van der Waals surface area contributed by atoms with E-state index in [1.54, 1.807) is 0 Å². The normalized spacial score (nSPS) is 9.43. The van der Waals surface area contributed by atoms with Crippen LogP contribution in [0.4, 0.5) is 0 Å². The van der Waals surface area contributed by atoms with Gasteiger partial charge in [0.1, 0.15) is 0 Å². The zero-order chi connectivity index (χ0) is 6.50. The molecule has 0 atom stereocenters. The molecule has 7 heavy (non-hydrogen) atoms. The van der Waals surface area contributed by atoms with Gasteiger partial charge < -0.3 is 14.7 Å². The molecule has 0 spiro atoms. The van der Waals surface area contributed by atoms with Gasteiger partial charge in [0.05, 0.1) is 0 Å². The Morgan fingerprint density at radius 3 is 1.29 bits per heavy atom. The summed E-state index contributed by atoms with van der Waals surface area (Å²) in [4.78, 5) is 21.6. The molecule has 49 valence electrons. The van der Waals surface area contributed by atoms with Gasteiger partial charge in [0.25, 0.3) is 0 Å². The van der Waals surface area contributed by atoms with Gasteiger partial charge in [0.2, 0.25) is 0 Å². The van der Waals surface area contributed by atoms with E-state index in [9.17, 15) is 0 Å². The molecule has 0 radical (unpaired) electrons. The SMILES string of the molecule is O=P(O)(O)O.[Cl][Pd]. The monoisotopic (exact) mass is 239 g/mol. The predicted octanol–water partition coefficient (Wildman–Crippen LogP) is -0.242. The molecule has 7 heteroatoms. The van der Waals surface area contributed by atoms with Crippen LogP contribution in [0, 0.1) is 0 Å². The van der Waals surface area contributed by atoms with Crippen molar-refractivity contribution in [3.05, 3.63) is 0 Å². The van der Waals surface area contributed by atoms with Crippen molar-refractivity contribution in [2.45, 2.75) is 0 Å². The van der Waals surface area contributed by atoms with Crippen LogP contribution in [-0.4, -0.2) is 14.7 Å². The van der Waals surface area contributed by atoms with Crippen molar-refractivity contribution in [3.8, 4) is 0 Å². The number of phosphoric acid groups is 1. The summed E-state index contributed by atoms with van der Waals surface area (Å²) < 4.78 is 8.88. The van der Waals surface area contributed by atoms with E-state index in [4.69, 9.17) is 19.2 Å². The Morgan fingerprint density at radius 2 is 1.29 bits per heavy atom. The van der Waals surface area contributed by atoms with E-state index >= 15 is 0 Å². The fraction of sp³-hybridized carbons (Fsp3) is 0. The first kappa shape index (κ1) is 10.9. The van der Waals surface area contributed by atoms with Gasteiger partial charge in [-0.1, -0.05) is 0 Å². The summed E-state index contributed by atoms with van der Waals surface area (Å²) in [5.74, 6) is 0. The summed E-state index contributed by atoms with van der Waals surface area (Å²) in [7, 11) is -0.150. The molecule has 0 aromatic rings. The minimum atomic E-state index is -4.64. The summed E-state index contributed by atoms with van der Waals surface area (Å²) in [6.45, 7) is 0. The molecule has 0 aromatic heterocycles. The second-order valence-corrected chi connectivity index (χ2v) is 1.54. The average molecular weight is 240 g/mol. The summed E-state index contributed by atoms with van der Waals surface area (Å²) in [5.41, 5.74) is 0. The van der Waals surface area contributed by atoms with E-state index in [1.165, 1.54) is 0 Å². The van der Waals surface area contributed by atoms with E-state index < -0.39 is 7.82 Å². The van der Waals surface area contributed by atoms with Crippen molar-refractivity contribution in [2.24, 2.45) is 0 Å². The van der Waals surface area contributed by atoms with Crippen LogP contribution in [-0.2, 0) is 22.7 Å². The molecular formula is H3ClO4PPd. The maximum absolute atomic E-state index is 8.88. The van der Waals surface area contributed by atoms with Gasteiger partial charge in [-0.25, -0.2) is 4.57 Å². The van der Waals surface area contributed by atoms with Crippen molar-refractivity contribution in [1.82, 2.24) is 0 Å². The average Bonchev–Trinajstić information content (AvgIpc) is 1.36. The summed E-state index contributed by atoms with van der Waals surface area (Å²) >= 11 is 2.22. The first-order valence-electron chi connectivity index (χ1n) is 0.902. The van der Waals surface area contributed by atoms with Crippen molar-refractivity contribution in [3.63, 3.8) is 0 Å². The van der Waals surface area contributed by atoms with Crippen LogP contribution >= 0.6 is 17.4 Å². The first-order valence-corrected chi connectivity index (χ1v) is 4.47. The number of hydrogen-bond acceptors (Lipinski definition) is 1. The van der Waals surface area contributed by atoms with Crippen LogP contribution in [0.25, 0.3) is 0 Å². The Balaban J connectivity index is 0. The molecule has 0 rings (SSSR count). The zero-order valence-corrected chi connectivity index (χ0v) is 6.10. The Morgan fingerprint density at radius 1 is 1.29 bits per heavy atom. The predicted molar refractivity (Wildman–Crippen MR) is 20.1 cm³/mol. The summed E-state index contributed by atoms with van der Waals surface area (Å²) in [6, 6.07) is 0. The zero-order valence-electron chi connectivity index (χ0n) is 2.89. The third-order valence-corrected chi connectivity index (χ3v) is 0. The Bertz CT molecular complexity index is 57.8. The topological polar surface area (TPSA) is 77.8 Å². The Labute approximate surface area is 55.1 Å². The summed E-state index contributed by atoms with van der Waals surface area (Å²) in [6.07, 6.45) is 0. The van der Waals surface area contributed by atoms with Gasteiger partial charge in [0, 0.05) is 0 Å². The van der Waals surface area contributed by atoms with Crippen LogP contribution in [0.2, 0.25) is 0 Å². The van der Waals surface area contributed by atoms with Gasteiger partial charge in [-0.2, -0.15) is 0 Å². The van der Waals surface area contributed by atoms with Gasteiger partial charge in [0.15, 0.2) is 0 Å². The number of halogens is 1. The molecule has 0 aliphatic heterocycles. The second-order valence-electron chi connectivity index (χ2n) is 0.513. The van der Waals surface area contributed by atoms with E-state index in [0.717, 1.165) is 0 Å². The van der Waals surface area contributed by atoms with Crippen molar-refractivity contribution in [1.29, 1.82) is 0 Å². The molecule has 0 saturated carbocycles. The van der Waals surface area contributed by atoms with Crippen LogP contribution in [0.5, 0.6) is 0 Å². The van der Waals surface area contributed by atoms with E-state index in [0.29, 0.717) is 0 Å². The number of rotatable bonds is 0. The molecule has 0 saturated heterocycles. The molecule has 0 aliphatic carbocycles. The summed E-state index contributed by atoms with van der Waals surface area (Å²) in [5, 5.41) is 0. The van der Waals surface area contributed by atoms with E-state index in [-0.39, 0.29) is 0 Å². The minimum absolute atomic E-state index is 2.22. The fourth-order valence-electron chi connectivity index (χ4n) is 0. The molecule has 0 bridgehead atoms. The quantitative estimate of drug-likeness (QED) is 0.403. The maximum atomic E-state index is 8.88. The standard InChI is InChI=1S/ClH.H3O4P.Pd/c;1-5(2,3)4;/h1H;(H3,1,2,3,4);/q;;+1/p-1. The molecule has 0 heterocycles. The second kappa shape index (κ2) is 5.20.